The molecule has 0 aromatic heterocycles. The molecule has 2 amide bonds. The minimum atomic E-state index is -1.19. The lowest BCUT2D eigenvalue weighted by Gasteiger charge is -2.21. The summed E-state index contributed by atoms with van der Waals surface area (Å²) in [5.74, 6) is -0.674. The third-order valence-electron chi connectivity index (χ3n) is 3.93. The van der Waals surface area contributed by atoms with Crippen LogP contribution in [0.2, 0.25) is 0 Å². The number of carbonyl (C=O) groups excluding carboxylic acids is 2. The number of ketones is 1. The molecule has 6 nitrogen and oxygen atoms in total. The first-order chi connectivity index (χ1) is 12.5. The van der Waals surface area contributed by atoms with Crippen LogP contribution >= 0.6 is 0 Å². The molecule has 2 rings (SSSR count). The highest BCUT2D eigenvalue weighted by atomic mass is 16.4. The van der Waals surface area contributed by atoms with Gasteiger partial charge < -0.3 is 10.4 Å². The molecule has 0 bridgehead atoms. The number of carboxylic acid groups (broad SMARTS) is 1. The Hall–Kier alpha value is -3.15. The molecule has 0 heterocycles. The van der Waals surface area contributed by atoms with Gasteiger partial charge in [-0.2, -0.15) is 0 Å². The Morgan fingerprint density at radius 1 is 0.962 bits per heavy atom. The summed E-state index contributed by atoms with van der Waals surface area (Å²) < 4.78 is 0. The molecule has 26 heavy (non-hydrogen) atoms. The molecule has 0 saturated heterocycles. The van der Waals surface area contributed by atoms with E-state index in [1.165, 1.54) is 6.92 Å². The van der Waals surface area contributed by atoms with Crippen molar-refractivity contribution in [1.29, 1.82) is 0 Å². The normalized spacial score (nSPS) is 11.4. The Morgan fingerprint density at radius 2 is 1.50 bits per heavy atom. The van der Waals surface area contributed by atoms with Crippen LogP contribution in [-0.2, 0) is 22.6 Å². The van der Waals surface area contributed by atoms with E-state index in [4.69, 9.17) is 0 Å². The quantitative estimate of drug-likeness (QED) is 0.762. The predicted molar refractivity (Wildman–Crippen MR) is 97.6 cm³/mol. The van der Waals surface area contributed by atoms with Gasteiger partial charge in [0.05, 0.1) is 6.04 Å². The van der Waals surface area contributed by atoms with Gasteiger partial charge in [-0.25, -0.2) is 4.79 Å². The lowest BCUT2D eigenvalue weighted by molar-refractivity contribution is -0.127. The van der Waals surface area contributed by atoms with Gasteiger partial charge in [-0.3, -0.25) is 14.5 Å². The number of Topliss-reactive ketones (excluding diaryl/α,β-unsaturated/α-hetero) is 1. The predicted octanol–water partition coefficient (Wildman–Crippen LogP) is 2.48. The molecule has 1 unspecified atom stereocenters. The Labute approximate surface area is 152 Å². The molecule has 0 aliphatic heterocycles. The van der Waals surface area contributed by atoms with Crippen molar-refractivity contribution in [2.24, 2.45) is 0 Å². The summed E-state index contributed by atoms with van der Waals surface area (Å²) in [7, 11) is 0. The molecule has 0 spiro atoms. The van der Waals surface area contributed by atoms with Gasteiger partial charge in [-0.05, 0) is 24.5 Å². The maximum Gasteiger partial charge on any atom is 0.408 e. The Morgan fingerprint density at radius 3 is 2.00 bits per heavy atom. The van der Waals surface area contributed by atoms with Crippen molar-refractivity contribution in [3.63, 3.8) is 0 Å². The zero-order chi connectivity index (χ0) is 18.9. The molecule has 6 heteroatoms. The number of nitrogens with zero attached hydrogens (tertiary/aromatic N) is 1. The largest absolute Gasteiger partial charge is 0.465 e. The van der Waals surface area contributed by atoms with Crippen LogP contribution in [0, 0.1) is 0 Å². The average molecular weight is 354 g/mol. The van der Waals surface area contributed by atoms with Gasteiger partial charge in [0.15, 0.2) is 5.78 Å². The minimum absolute atomic E-state index is 0.104. The standard InChI is InChI=1S/C20H22N2O4/c1-15(23)18(12-16-8-4-2-5-9-16)21-19(24)14-22(20(25)26)13-17-10-6-3-7-11-17/h2-11,18H,12-14H2,1H3,(H,21,24)(H,25,26). The fourth-order valence-electron chi connectivity index (χ4n) is 2.55. The zero-order valence-corrected chi connectivity index (χ0v) is 14.6. The molecule has 0 aliphatic rings. The topological polar surface area (TPSA) is 86.7 Å². The third kappa shape index (κ3) is 6.05. The Bertz CT molecular complexity index is 683. The number of benzene rings is 2. The van der Waals surface area contributed by atoms with Gasteiger partial charge in [0.25, 0.3) is 0 Å². The van der Waals surface area contributed by atoms with Crippen LogP contribution in [0.25, 0.3) is 0 Å². The molecule has 2 aromatic rings. The van der Waals surface area contributed by atoms with Crippen LogP contribution in [0.3, 0.4) is 0 Å². The summed E-state index contributed by atoms with van der Waals surface area (Å²) >= 11 is 0. The van der Waals surface area contributed by atoms with Gasteiger partial charge in [-0.1, -0.05) is 60.7 Å². The summed E-state index contributed by atoms with van der Waals surface area (Å²) in [5.41, 5.74) is 1.71. The summed E-state index contributed by atoms with van der Waals surface area (Å²) in [5, 5.41) is 12.0. The van der Waals surface area contributed by atoms with Gasteiger partial charge in [-0.15, -0.1) is 0 Å². The van der Waals surface area contributed by atoms with Gasteiger partial charge in [0, 0.05) is 6.54 Å². The number of hydrogen-bond donors (Lipinski definition) is 2. The summed E-state index contributed by atoms with van der Waals surface area (Å²) in [4.78, 5) is 36.6. The second-order valence-corrected chi connectivity index (χ2v) is 6.04. The number of carbonyl (C=O) groups is 3. The third-order valence-corrected chi connectivity index (χ3v) is 3.93. The molecule has 2 N–H and O–H groups in total. The van der Waals surface area contributed by atoms with Crippen LogP contribution in [0.4, 0.5) is 4.79 Å². The molecule has 0 radical (unpaired) electrons. The number of amides is 2. The van der Waals surface area contributed by atoms with Gasteiger partial charge in [0.1, 0.15) is 6.54 Å². The van der Waals surface area contributed by atoms with Crippen LogP contribution in [0.5, 0.6) is 0 Å². The highest BCUT2D eigenvalue weighted by Crippen LogP contribution is 2.06. The van der Waals surface area contributed by atoms with E-state index in [1.807, 2.05) is 36.4 Å². The van der Waals surface area contributed by atoms with Crippen LogP contribution < -0.4 is 5.32 Å². The van der Waals surface area contributed by atoms with E-state index < -0.39 is 18.0 Å². The molecule has 1 atom stereocenters. The summed E-state index contributed by atoms with van der Waals surface area (Å²) in [6, 6.07) is 17.7. The molecule has 2 aromatic carbocycles. The van der Waals surface area contributed by atoms with E-state index in [2.05, 4.69) is 5.32 Å². The number of nitrogens with one attached hydrogen (secondary N) is 1. The van der Waals surface area contributed by atoms with Crippen LogP contribution in [0.1, 0.15) is 18.1 Å². The highest BCUT2D eigenvalue weighted by Gasteiger charge is 2.21. The smallest absolute Gasteiger partial charge is 0.408 e. The SMILES string of the molecule is CC(=O)C(Cc1ccccc1)NC(=O)CN(Cc1ccccc1)C(=O)O. The minimum Gasteiger partial charge on any atom is -0.465 e. The second-order valence-electron chi connectivity index (χ2n) is 6.04. The fourth-order valence-corrected chi connectivity index (χ4v) is 2.55. The maximum absolute atomic E-state index is 12.3. The molecular weight excluding hydrogens is 332 g/mol. The Kier molecular flexibility index (Phi) is 6.91. The second kappa shape index (κ2) is 9.36. The lowest BCUT2D eigenvalue weighted by atomic mass is 10.0. The van der Waals surface area contributed by atoms with Gasteiger partial charge >= 0.3 is 6.09 Å². The first-order valence-corrected chi connectivity index (χ1v) is 8.31. The fraction of sp³-hybridized carbons (Fsp3) is 0.250. The van der Waals surface area contributed by atoms with E-state index in [-0.39, 0.29) is 18.9 Å². The number of rotatable bonds is 8. The van der Waals surface area contributed by atoms with E-state index >= 15 is 0 Å². The van der Waals surface area contributed by atoms with Crippen LogP contribution in [0.15, 0.2) is 60.7 Å². The number of hydrogen-bond acceptors (Lipinski definition) is 3. The van der Waals surface area contributed by atoms with E-state index in [0.29, 0.717) is 6.42 Å². The van der Waals surface area contributed by atoms with Crippen molar-refractivity contribution in [1.82, 2.24) is 10.2 Å². The summed E-state index contributed by atoms with van der Waals surface area (Å²) in [6.45, 7) is 1.18. The van der Waals surface area contributed by atoms with Crippen LogP contribution in [-0.4, -0.2) is 40.4 Å². The maximum atomic E-state index is 12.3. The van der Waals surface area contributed by atoms with Crippen molar-refractivity contribution in [3.8, 4) is 0 Å². The lowest BCUT2D eigenvalue weighted by Crippen LogP contribution is -2.46. The molecule has 136 valence electrons. The van der Waals surface area contributed by atoms with Crippen molar-refractivity contribution >= 4 is 17.8 Å². The molecular formula is C20H22N2O4. The van der Waals surface area contributed by atoms with E-state index in [1.54, 1.807) is 24.3 Å². The molecule has 0 saturated carbocycles. The van der Waals surface area contributed by atoms with Gasteiger partial charge in [0.2, 0.25) is 5.91 Å². The van der Waals surface area contributed by atoms with Crippen molar-refractivity contribution in [3.05, 3.63) is 71.8 Å². The van der Waals surface area contributed by atoms with Crippen molar-refractivity contribution in [2.45, 2.75) is 25.9 Å². The van der Waals surface area contributed by atoms with Crippen molar-refractivity contribution in [2.75, 3.05) is 6.54 Å². The first kappa shape index (κ1) is 19.2. The monoisotopic (exact) mass is 354 g/mol. The summed E-state index contributed by atoms with van der Waals surface area (Å²) in [6.07, 6.45) is -0.820. The molecule has 0 fully saturated rings. The first-order valence-electron chi connectivity index (χ1n) is 8.31. The Balaban J connectivity index is 1.98. The van der Waals surface area contributed by atoms with E-state index in [0.717, 1.165) is 16.0 Å². The highest BCUT2D eigenvalue weighted by molar-refractivity contribution is 5.89. The zero-order valence-electron chi connectivity index (χ0n) is 14.6. The van der Waals surface area contributed by atoms with E-state index in [9.17, 15) is 19.5 Å². The molecule has 0 aliphatic carbocycles. The van der Waals surface area contributed by atoms with Crippen molar-refractivity contribution < 1.29 is 19.5 Å². The average Bonchev–Trinajstić information content (AvgIpc) is 2.62.